The van der Waals surface area contributed by atoms with Crippen molar-refractivity contribution < 1.29 is 32.3 Å². The zero-order chi connectivity index (χ0) is 28.4. The quantitative estimate of drug-likeness (QED) is 0.352. The molecule has 12 nitrogen and oxygen atoms in total. The highest BCUT2D eigenvalue weighted by Crippen LogP contribution is 2.34. The SMILES string of the molecule is CCCC(NC(=O)c1ccc(N2CCOCC2)cc1)C(=O)N1CCC2C1C(=O)CN2S(=O)(=O)c1ccc[n+]([O-])c1. The van der Waals surface area contributed by atoms with E-state index in [0.717, 1.165) is 29.3 Å². The number of ether oxygens (including phenoxy) is 1. The Bertz CT molecular complexity index is 1380. The summed E-state index contributed by atoms with van der Waals surface area (Å²) in [5, 5.41) is 14.5. The summed E-state index contributed by atoms with van der Waals surface area (Å²) < 4.78 is 33.4. The molecule has 3 aliphatic rings. The average Bonchev–Trinajstić information content (AvgIpc) is 3.54. The van der Waals surface area contributed by atoms with E-state index >= 15 is 0 Å². The van der Waals surface area contributed by atoms with E-state index in [9.17, 15) is 28.0 Å². The van der Waals surface area contributed by atoms with Crippen molar-refractivity contribution in [3.8, 4) is 0 Å². The molecule has 1 N–H and O–H groups in total. The summed E-state index contributed by atoms with van der Waals surface area (Å²) in [5.41, 5.74) is 1.40. The predicted octanol–water partition coefficient (Wildman–Crippen LogP) is 0.298. The Labute approximate surface area is 233 Å². The lowest BCUT2D eigenvalue weighted by Gasteiger charge is -2.29. The van der Waals surface area contributed by atoms with Crippen LogP contribution in [0.3, 0.4) is 0 Å². The first-order chi connectivity index (χ1) is 19.2. The van der Waals surface area contributed by atoms with E-state index in [1.807, 2.05) is 19.1 Å². The molecule has 0 radical (unpaired) electrons. The Kier molecular flexibility index (Phi) is 8.06. The van der Waals surface area contributed by atoms with Gasteiger partial charge < -0.3 is 25.1 Å². The molecule has 2 aromatic rings. The first-order valence-electron chi connectivity index (χ1n) is 13.5. The zero-order valence-corrected chi connectivity index (χ0v) is 23.1. The lowest BCUT2D eigenvalue weighted by Crippen LogP contribution is -2.52. The van der Waals surface area contributed by atoms with Gasteiger partial charge in [-0.25, -0.2) is 8.42 Å². The smallest absolute Gasteiger partial charge is 0.251 e. The number of pyridine rings is 1. The predicted molar refractivity (Wildman–Crippen MR) is 144 cm³/mol. The second kappa shape index (κ2) is 11.5. The van der Waals surface area contributed by atoms with E-state index in [-0.39, 0.29) is 30.2 Å². The number of amides is 2. The molecular formula is C27H33N5O7S. The van der Waals surface area contributed by atoms with Crippen LogP contribution in [0.4, 0.5) is 5.69 Å². The largest absolute Gasteiger partial charge is 0.619 e. The van der Waals surface area contributed by atoms with Crippen LogP contribution in [0.1, 0.15) is 36.5 Å². The molecule has 214 valence electrons. The van der Waals surface area contributed by atoms with Gasteiger partial charge >= 0.3 is 0 Å². The number of hydrogen-bond donors (Lipinski definition) is 1. The summed E-state index contributed by atoms with van der Waals surface area (Å²) in [6.45, 7) is 4.56. The topological polar surface area (TPSA) is 143 Å². The normalized spacial score (nSPS) is 22.3. The van der Waals surface area contributed by atoms with E-state index in [4.69, 9.17) is 4.74 Å². The van der Waals surface area contributed by atoms with Crippen LogP contribution in [0, 0.1) is 5.21 Å². The standard InChI is InChI=1S/C27H33N5O7S/c1-2-4-22(28-26(34)19-6-8-20(9-7-19)29-13-15-39-16-14-29)27(35)31-12-10-23-25(31)24(33)18-32(23)40(37,38)21-5-3-11-30(36)17-21/h3,5-9,11,17,22-23,25H,2,4,10,12-16,18H2,1H3,(H,28,34). The monoisotopic (exact) mass is 571 g/mol. The Morgan fingerprint density at radius 2 is 1.88 bits per heavy atom. The van der Waals surface area contributed by atoms with Crippen molar-refractivity contribution in [2.75, 3.05) is 44.3 Å². The maximum absolute atomic E-state index is 13.6. The van der Waals surface area contributed by atoms with Crippen LogP contribution in [0.15, 0.2) is 53.7 Å². The molecule has 4 heterocycles. The zero-order valence-electron chi connectivity index (χ0n) is 22.3. The first-order valence-corrected chi connectivity index (χ1v) is 14.9. The van der Waals surface area contributed by atoms with E-state index in [2.05, 4.69) is 10.2 Å². The van der Waals surface area contributed by atoms with Crippen molar-refractivity contribution in [2.24, 2.45) is 0 Å². The fourth-order valence-corrected chi connectivity index (χ4v) is 7.33. The molecule has 3 atom stereocenters. The van der Waals surface area contributed by atoms with Gasteiger partial charge in [-0.1, -0.05) is 13.3 Å². The van der Waals surface area contributed by atoms with Crippen LogP contribution in [0.25, 0.3) is 0 Å². The Morgan fingerprint density at radius 1 is 1.15 bits per heavy atom. The van der Waals surface area contributed by atoms with E-state index in [1.165, 1.54) is 23.2 Å². The molecule has 0 aliphatic carbocycles. The van der Waals surface area contributed by atoms with Gasteiger partial charge in [-0.15, -0.1) is 0 Å². The van der Waals surface area contributed by atoms with Crippen LogP contribution < -0.4 is 14.9 Å². The van der Waals surface area contributed by atoms with E-state index < -0.39 is 40.0 Å². The van der Waals surface area contributed by atoms with Gasteiger partial charge in [0.25, 0.3) is 5.91 Å². The number of carbonyl (C=O) groups excluding carboxylic acids is 3. The Balaban J connectivity index is 1.29. The average molecular weight is 572 g/mol. The third kappa shape index (κ3) is 5.40. The van der Waals surface area contributed by atoms with Crippen LogP contribution in [0.2, 0.25) is 0 Å². The van der Waals surface area contributed by atoms with Crippen molar-refractivity contribution in [3.05, 3.63) is 59.6 Å². The molecule has 1 aromatic heterocycles. The lowest BCUT2D eigenvalue weighted by atomic mass is 10.1. The van der Waals surface area contributed by atoms with Gasteiger partial charge in [-0.05, 0) is 43.2 Å². The van der Waals surface area contributed by atoms with Gasteiger partial charge in [0.15, 0.2) is 18.2 Å². The molecule has 3 fully saturated rings. The van der Waals surface area contributed by atoms with Crippen LogP contribution in [-0.4, -0.2) is 92.7 Å². The summed E-state index contributed by atoms with van der Waals surface area (Å²) in [7, 11) is -4.12. The number of nitrogens with zero attached hydrogens (tertiary/aromatic N) is 4. The molecule has 5 rings (SSSR count). The highest BCUT2D eigenvalue weighted by atomic mass is 32.2. The Morgan fingerprint density at radius 3 is 2.55 bits per heavy atom. The molecule has 40 heavy (non-hydrogen) atoms. The minimum atomic E-state index is -4.12. The number of aromatic nitrogens is 1. The number of hydrogen-bond acceptors (Lipinski definition) is 8. The summed E-state index contributed by atoms with van der Waals surface area (Å²) >= 11 is 0. The van der Waals surface area contributed by atoms with Gasteiger partial charge in [0.05, 0.1) is 25.8 Å². The fourth-order valence-electron chi connectivity index (χ4n) is 5.70. The molecular weight excluding hydrogens is 538 g/mol. The van der Waals surface area contributed by atoms with Crippen molar-refractivity contribution in [1.82, 2.24) is 14.5 Å². The van der Waals surface area contributed by atoms with Crippen molar-refractivity contribution in [1.29, 1.82) is 0 Å². The third-order valence-corrected chi connectivity index (χ3v) is 9.56. The summed E-state index contributed by atoms with van der Waals surface area (Å²) in [4.78, 5) is 43.2. The lowest BCUT2D eigenvalue weighted by molar-refractivity contribution is -0.607. The fraction of sp³-hybridized carbons (Fsp3) is 0.481. The summed E-state index contributed by atoms with van der Waals surface area (Å²) in [6.07, 6.45) is 3.39. The highest BCUT2D eigenvalue weighted by Gasteiger charge is 2.54. The molecule has 3 aliphatic heterocycles. The molecule has 2 amide bonds. The molecule has 0 saturated carbocycles. The number of ketones is 1. The minimum absolute atomic E-state index is 0.187. The van der Waals surface area contributed by atoms with Gasteiger partial charge in [0.1, 0.15) is 17.0 Å². The number of sulfonamides is 1. The van der Waals surface area contributed by atoms with Gasteiger partial charge in [-0.2, -0.15) is 9.04 Å². The molecule has 13 heteroatoms. The van der Waals surface area contributed by atoms with Gasteiger partial charge in [0.2, 0.25) is 15.9 Å². The Hall–Kier alpha value is -3.55. The minimum Gasteiger partial charge on any atom is -0.619 e. The summed E-state index contributed by atoms with van der Waals surface area (Å²) in [5.74, 6) is -1.18. The maximum Gasteiger partial charge on any atom is 0.251 e. The van der Waals surface area contributed by atoms with Gasteiger partial charge in [0, 0.05) is 37.0 Å². The van der Waals surface area contributed by atoms with Crippen molar-refractivity contribution in [2.45, 2.75) is 49.2 Å². The number of nitrogens with one attached hydrogen (secondary N) is 1. The highest BCUT2D eigenvalue weighted by molar-refractivity contribution is 7.89. The molecule has 3 saturated heterocycles. The van der Waals surface area contributed by atoms with Crippen molar-refractivity contribution in [3.63, 3.8) is 0 Å². The van der Waals surface area contributed by atoms with Crippen molar-refractivity contribution >= 4 is 33.3 Å². The summed E-state index contributed by atoms with van der Waals surface area (Å²) in [6, 6.07) is 7.29. The maximum atomic E-state index is 13.6. The van der Waals surface area contributed by atoms with E-state index in [1.54, 1.807) is 12.1 Å². The number of Topliss-reactive ketones (excluding diaryl/α,β-unsaturated/α-hetero) is 1. The third-order valence-electron chi connectivity index (χ3n) is 7.70. The molecule has 0 bridgehead atoms. The first kappa shape index (κ1) is 28.0. The van der Waals surface area contributed by atoms with Crippen LogP contribution >= 0.6 is 0 Å². The van der Waals surface area contributed by atoms with Crippen LogP contribution in [0.5, 0.6) is 0 Å². The molecule has 0 spiro atoms. The number of likely N-dealkylation sites (tertiary alicyclic amines) is 1. The van der Waals surface area contributed by atoms with Gasteiger partial charge in [-0.3, -0.25) is 14.4 Å². The number of morpholine rings is 1. The second-order valence-electron chi connectivity index (χ2n) is 10.2. The number of rotatable bonds is 8. The molecule has 3 unspecified atom stereocenters. The number of fused-ring (bicyclic) bond motifs is 1. The number of benzene rings is 1. The number of carbonyl (C=O) groups is 3. The van der Waals surface area contributed by atoms with Crippen LogP contribution in [-0.2, 0) is 24.3 Å². The molecule has 1 aromatic carbocycles. The van der Waals surface area contributed by atoms with E-state index in [0.29, 0.717) is 36.3 Å². The second-order valence-corrected chi connectivity index (χ2v) is 12.1. The number of anilines is 1.